The fourth-order valence-electron chi connectivity index (χ4n) is 3.27. The Morgan fingerprint density at radius 1 is 1.29 bits per heavy atom. The number of hydrogen-bond acceptors (Lipinski definition) is 3. The molecule has 5 nitrogen and oxygen atoms in total. The Morgan fingerprint density at radius 3 is 2.54 bits per heavy atom. The van der Waals surface area contributed by atoms with Crippen molar-refractivity contribution in [1.29, 1.82) is 0 Å². The molecule has 1 aromatic carbocycles. The Bertz CT molecular complexity index is 685. The second-order valence-corrected chi connectivity index (χ2v) is 9.03. The first-order valence-corrected chi connectivity index (χ1v) is 10.4. The first-order valence-electron chi connectivity index (χ1n) is 8.51. The zero-order valence-corrected chi connectivity index (χ0v) is 15.8. The van der Waals surface area contributed by atoms with E-state index in [-0.39, 0.29) is 30.3 Å². The number of nitrogens with zero attached hydrogens (tertiary/aromatic N) is 1. The number of nitrogens with one attached hydrogen (secondary N) is 1. The van der Waals surface area contributed by atoms with Gasteiger partial charge in [-0.25, -0.2) is 12.7 Å². The van der Waals surface area contributed by atoms with Crippen LogP contribution in [-0.4, -0.2) is 38.0 Å². The van der Waals surface area contributed by atoms with Crippen molar-refractivity contribution in [2.45, 2.75) is 39.7 Å². The highest BCUT2D eigenvalue weighted by Crippen LogP contribution is 2.26. The van der Waals surface area contributed by atoms with Crippen LogP contribution in [0.2, 0.25) is 0 Å². The van der Waals surface area contributed by atoms with Crippen LogP contribution in [0.1, 0.15) is 43.9 Å². The van der Waals surface area contributed by atoms with Crippen molar-refractivity contribution >= 4 is 15.9 Å². The van der Waals surface area contributed by atoms with Gasteiger partial charge in [0, 0.05) is 13.1 Å². The Morgan fingerprint density at radius 2 is 1.96 bits per heavy atom. The highest BCUT2D eigenvalue weighted by atomic mass is 32.2. The zero-order chi connectivity index (χ0) is 17.9. The highest BCUT2D eigenvalue weighted by Gasteiger charge is 2.31. The van der Waals surface area contributed by atoms with E-state index in [0.717, 1.165) is 24.0 Å². The molecule has 1 aliphatic rings. The van der Waals surface area contributed by atoms with Crippen LogP contribution >= 0.6 is 0 Å². The molecule has 1 heterocycles. The number of carbonyl (C=O) groups is 1. The lowest BCUT2D eigenvalue weighted by atomic mass is 9.91. The number of sulfonamides is 1. The molecule has 1 aliphatic heterocycles. The monoisotopic (exact) mass is 352 g/mol. The van der Waals surface area contributed by atoms with Gasteiger partial charge in [-0.2, -0.15) is 0 Å². The van der Waals surface area contributed by atoms with Gasteiger partial charge in [0.15, 0.2) is 0 Å². The molecule has 6 heteroatoms. The minimum absolute atomic E-state index is 0.0506. The van der Waals surface area contributed by atoms with E-state index in [9.17, 15) is 13.2 Å². The van der Waals surface area contributed by atoms with Crippen molar-refractivity contribution in [3.05, 3.63) is 35.4 Å². The van der Waals surface area contributed by atoms with Gasteiger partial charge in [0.25, 0.3) is 0 Å². The van der Waals surface area contributed by atoms with E-state index in [0.29, 0.717) is 6.54 Å². The lowest BCUT2D eigenvalue weighted by Gasteiger charge is -2.32. The third kappa shape index (κ3) is 4.57. The van der Waals surface area contributed by atoms with Gasteiger partial charge in [0.05, 0.1) is 18.2 Å². The molecule has 24 heavy (non-hydrogen) atoms. The number of amides is 1. The molecule has 0 bridgehead atoms. The quantitative estimate of drug-likeness (QED) is 0.885. The van der Waals surface area contributed by atoms with Crippen LogP contribution in [0.3, 0.4) is 0 Å². The number of carbonyl (C=O) groups excluding carboxylic acids is 1. The Kier molecular flexibility index (Phi) is 6.04. The van der Waals surface area contributed by atoms with E-state index in [1.54, 1.807) is 0 Å². The molecule has 0 aliphatic carbocycles. The van der Waals surface area contributed by atoms with Gasteiger partial charge >= 0.3 is 0 Å². The lowest BCUT2D eigenvalue weighted by molar-refractivity contribution is -0.127. The molecule has 0 radical (unpaired) electrons. The molecule has 0 aromatic heterocycles. The number of hydrogen-bond donors (Lipinski definition) is 1. The number of rotatable bonds is 5. The number of benzene rings is 1. The summed E-state index contributed by atoms with van der Waals surface area (Å²) in [6, 6.07) is 8.00. The second kappa shape index (κ2) is 7.66. The van der Waals surface area contributed by atoms with Crippen molar-refractivity contribution in [1.82, 2.24) is 9.62 Å². The normalized spacial score (nSPS) is 20.8. The molecule has 0 unspecified atom stereocenters. The molecule has 2 atom stereocenters. The smallest absolute Gasteiger partial charge is 0.224 e. The van der Waals surface area contributed by atoms with Gasteiger partial charge < -0.3 is 5.32 Å². The first kappa shape index (κ1) is 18.9. The number of aryl methyl sites for hydroxylation is 1. The average Bonchev–Trinajstić information content (AvgIpc) is 2.52. The summed E-state index contributed by atoms with van der Waals surface area (Å²) in [5.41, 5.74) is 2.27. The summed E-state index contributed by atoms with van der Waals surface area (Å²) in [7, 11) is -3.24. The molecule has 2 rings (SSSR count). The van der Waals surface area contributed by atoms with Crippen molar-refractivity contribution in [2.75, 3.05) is 19.3 Å². The van der Waals surface area contributed by atoms with Gasteiger partial charge in [-0.1, -0.05) is 38.1 Å². The van der Waals surface area contributed by atoms with Crippen LogP contribution in [0.5, 0.6) is 0 Å². The highest BCUT2D eigenvalue weighted by molar-refractivity contribution is 7.88. The first-order chi connectivity index (χ1) is 11.2. The summed E-state index contributed by atoms with van der Waals surface area (Å²) in [6.07, 6.45) is 2.66. The minimum atomic E-state index is -3.24. The Balaban J connectivity index is 2.13. The molecule has 1 aromatic rings. The van der Waals surface area contributed by atoms with Crippen LogP contribution in [-0.2, 0) is 14.8 Å². The van der Waals surface area contributed by atoms with Crippen LogP contribution in [0, 0.1) is 18.8 Å². The largest absolute Gasteiger partial charge is 0.349 e. The second-order valence-electron chi connectivity index (χ2n) is 7.05. The molecule has 0 spiro atoms. The maximum absolute atomic E-state index is 12.7. The van der Waals surface area contributed by atoms with Crippen LogP contribution in [0.15, 0.2) is 24.3 Å². The molecule has 0 saturated carbocycles. The van der Waals surface area contributed by atoms with Gasteiger partial charge in [0.2, 0.25) is 15.9 Å². The van der Waals surface area contributed by atoms with Crippen molar-refractivity contribution in [2.24, 2.45) is 11.8 Å². The van der Waals surface area contributed by atoms with Crippen molar-refractivity contribution in [3.8, 4) is 0 Å². The molecular formula is C18H28N2O3S. The van der Waals surface area contributed by atoms with E-state index in [1.807, 2.05) is 31.2 Å². The minimum Gasteiger partial charge on any atom is -0.349 e. The van der Waals surface area contributed by atoms with Gasteiger partial charge in [-0.15, -0.1) is 0 Å². The summed E-state index contributed by atoms with van der Waals surface area (Å²) in [5.74, 6) is -0.0753. The molecule has 1 amide bonds. The predicted octanol–water partition coefficient (Wildman–Crippen LogP) is 2.48. The fourth-order valence-corrected chi connectivity index (χ4v) is 4.18. The third-order valence-corrected chi connectivity index (χ3v) is 5.98. The fraction of sp³-hybridized carbons (Fsp3) is 0.611. The summed E-state index contributed by atoms with van der Waals surface area (Å²) in [4.78, 5) is 12.7. The SMILES string of the molecule is Cc1ccccc1[C@H](NC(=O)[C@@H]1CCCN(S(C)(=O)=O)C1)C(C)C. The standard InChI is InChI=1S/C18H28N2O3S/c1-13(2)17(16-10-6-5-8-14(16)3)19-18(21)15-9-7-11-20(12-15)24(4,22)23/h5-6,8,10,13,15,17H,7,9,11-12H2,1-4H3,(H,19,21)/t15-,17-/m1/s1. The van der Waals surface area contributed by atoms with Crippen molar-refractivity contribution in [3.63, 3.8) is 0 Å². The summed E-state index contributed by atoms with van der Waals surface area (Å²) in [6.45, 7) is 7.00. The molecule has 1 fully saturated rings. The summed E-state index contributed by atoms with van der Waals surface area (Å²) in [5, 5.41) is 3.15. The predicted molar refractivity (Wildman–Crippen MR) is 96.0 cm³/mol. The van der Waals surface area contributed by atoms with Crippen LogP contribution in [0.25, 0.3) is 0 Å². The maximum Gasteiger partial charge on any atom is 0.224 e. The van der Waals surface area contributed by atoms with Crippen molar-refractivity contribution < 1.29 is 13.2 Å². The van der Waals surface area contributed by atoms with Crippen LogP contribution in [0.4, 0.5) is 0 Å². The average molecular weight is 353 g/mol. The number of piperidine rings is 1. The van der Waals surface area contributed by atoms with E-state index < -0.39 is 10.0 Å². The van der Waals surface area contributed by atoms with E-state index in [4.69, 9.17) is 0 Å². The Hall–Kier alpha value is -1.40. The zero-order valence-electron chi connectivity index (χ0n) is 15.0. The summed E-state index contributed by atoms with van der Waals surface area (Å²) < 4.78 is 24.9. The topological polar surface area (TPSA) is 66.5 Å². The lowest BCUT2D eigenvalue weighted by Crippen LogP contribution is -2.46. The van der Waals surface area contributed by atoms with Gasteiger partial charge in [-0.05, 0) is 36.8 Å². The molecule has 134 valence electrons. The van der Waals surface area contributed by atoms with Gasteiger partial charge in [0.1, 0.15) is 0 Å². The molecule has 1 saturated heterocycles. The third-order valence-electron chi connectivity index (χ3n) is 4.71. The maximum atomic E-state index is 12.7. The van der Waals surface area contributed by atoms with E-state index >= 15 is 0 Å². The van der Waals surface area contributed by atoms with E-state index in [2.05, 4.69) is 19.2 Å². The van der Waals surface area contributed by atoms with Gasteiger partial charge in [-0.3, -0.25) is 4.79 Å². The molecular weight excluding hydrogens is 324 g/mol. The Labute approximate surface area is 145 Å². The summed E-state index contributed by atoms with van der Waals surface area (Å²) >= 11 is 0. The van der Waals surface area contributed by atoms with E-state index in [1.165, 1.54) is 10.6 Å². The molecule has 1 N–H and O–H groups in total. The van der Waals surface area contributed by atoms with Crippen LogP contribution < -0.4 is 5.32 Å².